The van der Waals surface area contributed by atoms with Crippen molar-refractivity contribution in [2.45, 2.75) is 45.7 Å². The lowest BCUT2D eigenvalue weighted by Crippen LogP contribution is -2.44. The first kappa shape index (κ1) is 18.8. The van der Waals surface area contributed by atoms with E-state index in [4.69, 9.17) is 5.26 Å². The summed E-state index contributed by atoms with van der Waals surface area (Å²) in [6, 6.07) is 9.16. The van der Waals surface area contributed by atoms with Crippen molar-refractivity contribution in [1.29, 1.82) is 5.26 Å². The smallest absolute Gasteiger partial charge is 0.317 e. The molecule has 0 saturated carbocycles. The third kappa shape index (κ3) is 5.49. The summed E-state index contributed by atoms with van der Waals surface area (Å²) in [4.78, 5) is 28.1. The zero-order valence-corrected chi connectivity index (χ0v) is 15.0. The average molecular weight is 342 g/mol. The van der Waals surface area contributed by atoms with Crippen LogP contribution in [-0.2, 0) is 11.3 Å². The van der Waals surface area contributed by atoms with E-state index in [0.29, 0.717) is 25.1 Å². The Bertz CT molecular complexity index is 628. The van der Waals surface area contributed by atoms with E-state index in [2.05, 4.69) is 11.4 Å². The molecular weight excluding hydrogens is 316 g/mol. The van der Waals surface area contributed by atoms with Gasteiger partial charge in [0.25, 0.3) is 0 Å². The number of urea groups is 1. The molecule has 0 atom stereocenters. The molecule has 0 bridgehead atoms. The summed E-state index contributed by atoms with van der Waals surface area (Å²) in [5.41, 5.74) is 1.57. The molecule has 1 fully saturated rings. The van der Waals surface area contributed by atoms with Gasteiger partial charge in [0, 0.05) is 38.6 Å². The molecule has 0 aromatic heterocycles. The van der Waals surface area contributed by atoms with Crippen LogP contribution in [0.1, 0.15) is 44.2 Å². The summed E-state index contributed by atoms with van der Waals surface area (Å²) in [5.74, 6) is 0.112. The van der Waals surface area contributed by atoms with Gasteiger partial charge in [-0.25, -0.2) is 4.79 Å². The average Bonchev–Trinajstić information content (AvgIpc) is 3.14. The minimum absolute atomic E-state index is 0.0323. The van der Waals surface area contributed by atoms with E-state index in [1.165, 1.54) is 0 Å². The summed E-state index contributed by atoms with van der Waals surface area (Å²) in [7, 11) is 0. The van der Waals surface area contributed by atoms with Crippen LogP contribution < -0.4 is 5.32 Å². The number of rotatable bonds is 6. The molecule has 0 aliphatic carbocycles. The second-order valence-corrected chi connectivity index (χ2v) is 6.60. The number of hydrogen-bond donors (Lipinski definition) is 1. The highest BCUT2D eigenvalue weighted by molar-refractivity contribution is 5.78. The quantitative estimate of drug-likeness (QED) is 0.863. The Balaban J connectivity index is 1.84. The van der Waals surface area contributed by atoms with Crippen molar-refractivity contribution in [3.63, 3.8) is 0 Å². The van der Waals surface area contributed by atoms with Gasteiger partial charge in [-0.3, -0.25) is 4.79 Å². The van der Waals surface area contributed by atoms with Gasteiger partial charge in [0.2, 0.25) is 5.91 Å². The number of carbonyl (C=O) groups is 2. The summed E-state index contributed by atoms with van der Waals surface area (Å²) >= 11 is 0. The van der Waals surface area contributed by atoms with Crippen LogP contribution in [0.3, 0.4) is 0 Å². The van der Waals surface area contributed by atoms with E-state index < -0.39 is 0 Å². The summed E-state index contributed by atoms with van der Waals surface area (Å²) in [5, 5.41) is 11.7. The highest BCUT2D eigenvalue weighted by Gasteiger charge is 2.20. The van der Waals surface area contributed by atoms with Gasteiger partial charge in [-0.05, 0) is 44.4 Å². The first-order valence-electron chi connectivity index (χ1n) is 8.82. The van der Waals surface area contributed by atoms with Gasteiger partial charge in [0.05, 0.1) is 11.6 Å². The fourth-order valence-electron chi connectivity index (χ4n) is 2.87. The predicted molar refractivity (Wildman–Crippen MR) is 95.7 cm³/mol. The molecular formula is C19H26N4O2. The van der Waals surface area contributed by atoms with Crippen molar-refractivity contribution in [3.05, 3.63) is 35.4 Å². The number of benzene rings is 1. The standard InChI is InChI=1S/C19H26N4O2/c1-15(2)23(14-17-7-5-16(13-20)6-8-17)19(25)21-10-9-18(24)22-11-3-4-12-22/h5-8,15H,3-4,9-12,14H2,1-2H3,(H,21,25). The van der Waals surface area contributed by atoms with E-state index in [9.17, 15) is 9.59 Å². The maximum absolute atomic E-state index is 12.5. The van der Waals surface area contributed by atoms with Gasteiger partial charge in [0.15, 0.2) is 0 Å². The second kappa shape index (κ2) is 9.07. The Morgan fingerprint density at radius 1 is 1.24 bits per heavy atom. The molecule has 6 heteroatoms. The molecule has 1 N–H and O–H groups in total. The first-order valence-corrected chi connectivity index (χ1v) is 8.82. The molecule has 1 aliphatic heterocycles. The van der Waals surface area contributed by atoms with Crippen LogP contribution in [0.4, 0.5) is 4.79 Å². The van der Waals surface area contributed by atoms with E-state index in [-0.39, 0.29) is 18.0 Å². The highest BCUT2D eigenvalue weighted by atomic mass is 16.2. The molecule has 1 heterocycles. The lowest BCUT2D eigenvalue weighted by molar-refractivity contribution is -0.129. The fourth-order valence-corrected chi connectivity index (χ4v) is 2.87. The topological polar surface area (TPSA) is 76.4 Å². The number of likely N-dealkylation sites (tertiary alicyclic amines) is 1. The third-order valence-corrected chi connectivity index (χ3v) is 4.39. The van der Waals surface area contributed by atoms with Gasteiger partial charge in [0.1, 0.15) is 0 Å². The van der Waals surface area contributed by atoms with Crippen molar-refractivity contribution in [2.75, 3.05) is 19.6 Å². The van der Waals surface area contributed by atoms with Crippen molar-refractivity contribution < 1.29 is 9.59 Å². The number of amides is 3. The zero-order valence-electron chi connectivity index (χ0n) is 15.0. The molecule has 3 amide bonds. The Morgan fingerprint density at radius 2 is 1.88 bits per heavy atom. The van der Waals surface area contributed by atoms with Gasteiger partial charge >= 0.3 is 6.03 Å². The summed E-state index contributed by atoms with van der Waals surface area (Å²) < 4.78 is 0. The normalized spacial score (nSPS) is 13.6. The van der Waals surface area contributed by atoms with Crippen LogP contribution in [0.15, 0.2) is 24.3 Å². The third-order valence-electron chi connectivity index (χ3n) is 4.39. The Labute approximate surface area is 149 Å². The van der Waals surface area contributed by atoms with Crippen LogP contribution in [-0.4, -0.2) is 47.4 Å². The lowest BCUT2D eigenvalue weighted by Gasteiger charge is -2.27. The lowest BCUT2D eigenvalue weighted by atomic mass is 10.1. The predicted octanol–water partition coefficient (Wildman–Crippen LogP) is 2.49. The molecule has 1 saturated heterocycles. The van der Waals surface area contributed by atoms with Gasteiger partial charge < -0.3 is 15.1 Å². The molecule has 2 rings (SSSR count). The molecule has 25 heavy (non-hydrogen) atoms. The van der Waals surface area contributed by atoms with Crippen molar-refractivity contribution >= 4 is 11.9 Å². The van der Waals surface area contributed by atoms with Gasteiger partial charge in [-0.2, -0.15) is 5.26 Å². The summed E-state index contributed by atoms with van der Waals surface area (Å²) in [6.07, 6.45) is 2.49. The van der Waals surface area contributed by atoms with Crippen LogP contribution in [0.5, 0.6) is 0 Å². The van der Waals surface area contributed by atoms with Crippen LogP contribution >= 0.6 is 0 Å². The van der Waals surface area contributed by atoms with Crippen molar-refractivity contribution in [1.82, 2.24) is 15.1 Å². The molecule has 6 nitrogen and oxygen atoms in total. The number of carbonyl (C=O) groups excluding carboxylic acids is 2. The Morgan fingerprint density at radius 3 is 2.44 bits per heavy atom. The van der Waals surface area contributed by atoms with E-state index in [0.717, 1.165) is 31.5 Å². The van der Waals surface area contributed by atoms with Gasteiger partial charge in [-0.1, -0.05) is 12.1 Å². The van der Waals surface area contributed by atoms with E-state index in [1.807, 2.05) is 30.9 Å². The number of nitriles is 1. The van der Waals surface area contributed by atoms with E-state index >= 15 is 0 Å². The highest BCUT2D eigenvalue weighted by Crippen LogP contribution is 2.11. The minimum atomic E-state index is -0.173. The second-order valence-electron chi connectivity index (χ2n) is 6.60. The van der Waals surface area contributed by atoms with Crippen LogP contribution in [0.2, 0.25) is 0 Å². The molecule has 0 spiro atoms. The van der Waals surface area contributed by atoms with Crippen molar-refractivity contribution in [2.24, 2.45) is 0 Å². The monoisotopic (exact) mass is 342 g/mol. The Hall–Kier alpha value is -2.55. The SMILES string of the molecule is CC(C)N(Cc1ccc(C#N)cc1)C(=O)NCCC(=O)N1CCCC1. The van der Waals surface area contributed by atoms with Crippen LogP contribution in [0.25, 0.3) is 0 Å². The van der Waals surface area contributed by atoms with E-state index in [1.54, 1.807) is 17.0 Å². The fraction of sp³-hybridized carbons (Fsp3) is 0.526. The zero-order chi connectivity index (χ0) is 18.2. The molecule has 1 aromatic carbocycles. The first-order chi connectivity index (χ1) is 12.0. The molecule has 0 radical (unpaired) electrons. The molecule has 0 unspecified atom stereocenters. The van der Waals surface area contributed by atoms with Gasteiger partial charge in [-0.15, -0.1) is 0 Å². The molecule has 1 aliphatic rings. The number of hydrogen-bond acceptors (Lipinski definition) is 3. The van der Waals surface area contributed by atoms with Crippen LogP contribution in [0, 0.1) is 11.3 Å². The number of nitrogens with zero attached hydrogens (tertiary/aromatic N) is 3. The maximum Gasteiger partial charge on any atom is 0.317 e. The largest absolute Gasteiger partial charge is 0.343 e. The maximum atomic E-state index is 12.5. The van der Waals surface area contributed by atoms with Crippen molar-refractivity contribution in [3.8, 4) is 6.07 Å². The molecule has 134 valence electrons. The Kier molecular flexibility index (Phi) is 6.81. The number of nitrogens with one attached hydrogen (secondary N) is 1. The molecule has 1 aromatic rings. The summed E-state index contributed by atoms with van der Waals surface area (Å²) in [6.45, 7) is 6.41. The minimum Gasteiger partial charge on any atom is -0.343 e.